The van der Waals surface area contributed by atoms with E-state index in [4.69, 9.17) is 14.2 Å². The second-order valence-electron chi connectivity index (χ2n) is 7.31. The van der Waals surface area contributed by atoms with Crippen LogP contribution in [0.2, 0.25) is 0 Å². The van der Waals surface area contributed by atoms with Gasteiger partial charge in [0.25, 0.3) is 5.91 Å². The average molecular weight is 493 g/mol. The van der Waals surface area contributed by atoms with Gasteiger partial charge in [0.2, 0.25) is 10.0 Å². The molecule has 0 aliphatic carbocycles. The number of benzene rings is 2. The number of ether oxygens (including phenoxy) is 3. The van der Waals surface area contributed by atoms with E-state index in [1.165, 1.54) is 54.7 Å². The quantitative estimate of drug-likeness (QED) is 0.445. The monoisotopic (exact) mass is 492 g/mol. The fourth-order valence-electron chi connectivity index (χ4n) is 3.15. The van der Waals surface area contributed by atoms with Crippen molar-refractivity contribution in [3.05, 3.63) is 59.9 Å². The molecule has 2 aromatic rings. The number of hydrogen-bond acceptors (Lipinski definition) is 7. The first kappa shape index (κ1) is 25.3. The number of carbonyl (C=O) groups is 2. The van der Waals surface area contributed by atoms with E-state index in [2.05, 4.69) is 5.32 Å². The Morgan fingerprint density at radius 2 is 1.88 bits per heavy atom. The average Bonchev–Trinajstić information content (AvgIpc) is 2.84. The standard InChI is InChI=1S/C23H25FN2O7S/c1-16(23(28)25-19-6-4-3-5-18(19)24)33-22(27)10-8-17-7-9-20(31-2)21(15-17)34(29,30)26-11-13-32-14-12-26/h3-10,15-16H,11-14H2,1-2H3,(H,25,28)/b10-8+. The highest BCUT2D eigenvalue weighted by Gasteiger charge is 2.29. The van der Waals surface area contributed by atoms with E-state index in [0.717, 1.165) is 6.08 Å². The van der Waals surface area contributed by atoms with Crippen LogP contribution in [0.25, 0.3) is 6.08 Å². The second kappa shape index (κ2) is 11.2. The minimum Gasteiger partial charge on any atom is -0.495 e. The van der Waals surface area contributed by atoms with Gasteiger partial charge >= 0.3 is 5.97 Å². The third-order valence-corrected chi connectivity index (χ3v) is 6.90. The zero-order valence-corrected chi connectivity index (χ0v) is 19.5. The molecule has 182 valence electrons. The van der Waals surface area contributed by atoms with E-state index in [9.17, 15) is 22.4 Å². The van der Waals surface area contributed by atoms with Crippen molar-refractivity contribution in [3.8, 4) is 5.75 Å². The largest absolute Gasteiger partial charge is 0.495 e. The van der Waals surface area contributed by atoms with Crippen LogP contribution in [0.4, 0.5) is 10.1 Å². The number of carbonyl (C=O) groups excluding carboxylic acids is 2. The van der Waals surface area contributed by atoms with Crippen LogP contribution in [-0.2, 0) is 29.1 Å². The molecule has 9 nitrogen and oxygen atoms in total. The first-order chi connectivity index (χ1) is 16.2. The van der Waals surface area contributed by atoms with E-state index in [-0.39, 0.29) is 29.4 Å². The number of morpholine rings is 1. The van der Waals surface area contributed by atoms with E-state index in [1.54, 1.807) is 12.1 Å². The summed E-state index contributed by atoms with van der Waals surface area (Å²) in [5, 5.41) is 2.35. The Kier molecular flexibility index (Phi) is 8.37. The Labute approximate surface area is 197 Å². The summed E-state index contributed by atoms with van der Waals surface area (Å²) in [6.45, 7) is 2.41. The number of methoxy groups -OCH3 is 1. The Morgan fingerprint density at radius 1 is 1.18 bits per heavy atom. The van der Waals surface area contributed by atoms with E-state index < -0.39 is 33.8 Å². The van der Waals surface area contributed by atoms with Crippen molar-refractivity contribution >= 4 is 33.7 Å². The normalized spacial score (nSPS) is 15.6. The number of sulfonamides is 1. The zero-order chi connectivity index (χ0) is 24.7. The van der Waals surface area contributed by atoms with Crippen molar-refractivity contribution in [3.63, 3.8) is 0 Å². The van der Waals surface area contributed by atoms with Crippen LogP contribution in [0.3, 0.4) is 0 Å². The summed E-state index contributed by atoms with van der Waals surface area (Å²) < 4.78 is 56.6. The number of para-hydroxylation sites is 1. The van der Waals surface area contributed by atoms with Crippen LogP contribution in [0.1, 0.15) is 12.5 Å². The fourth-order valence-corrected chi connectivity index (χ4v) is 4.75. The number of hydrogen-bond donors (Lipinski definition) is 1. The van der Waals surface area contributed by atoms with Gasteiger partial charge in [-0.15, -0.1) is 0 Å². The maximum atomic E-state index is 13.7. The summed E-state index contributed by atoms with van der Waals surface area (Å²) in [5.41, 5.74) is 0.381. The minimum atomic E-state index is -3.83. The van der Waals surface area contributed by atoms with Crippen molar-refractivity contribution in [1.82, 2.24) is 4.31 Å². The summed E-state index contributed by atoms with van der Waals surface area (Å²) in [4.78, 5) is 24.3. The van der Waals surface area contributed by atoms with Gasteiger partial charge in [-0.1, -0.05) is 18.2 Å². The highest BCUT2D eigenvalue weighted by Crippen LogP contribution is 2.29. The highest BCUT2D eigenvalue weighted by atomic mass is 32.2. The molecule has 11 heteroatoms. The molecule has 0 radical (unpaired) electrons. The Balaban J connectivity index is 1.68. The number of nitrogens with one attached hydrogen (secondary N) is 1. The maximum Gasteiger partial charge on any atom is 0.331 e. The lowest BCUT2D eigenvalue weighted by Gasteiger charge is -2.26. The SMILES string of the molecule is COc1ccc(/C=C/C(=O)OC(C)C(=O)Nc2ccccc2F)cc1S(=O)(=O)N1CCOCC1. The molecule has 2 aromatic carbocycles. The molecule has 1 atom stereocenters. The highest BCUT2D eigenvalue weighted by molar-refractivity contribution is 7.89. The molecule has 0 saturated carbocycles. The smallest absolute Gasteiger partial charge is 0.331 e. The van der Waals surface area contributed by atoms with Crippen LogP contribution in [0.15, 0.2) is 53.4 Å². The lowest BCUT2D eigenvalue weighted by Crippen LogP contribution is -2.40. The molecule has 1 amide bonds. The molecule has 0 spiro atoms. The van der Waals surface area contributed by atoms with Gasteiger partial charge in [-0.05, 0) is 42.8 Å². The molecular weight excluding hydrogens is 467 g/mol. The van der Waals surface area contributed by atoms with Gasteiger partial charge in [-0.25, -0.2) is 17.6 Å². The number of anilines is 1. The van der Waals surface area contributed by atoms with Crippen LogP contribution in [0.5, 0.6) is 5.75 Å². The summed E-state index contributed by atoms with van der Waals surface area (Å²) in [5.74, 6) is -1.97. The van der Waals surface area contributed by atoms with E-state index >= 15 is 0 Å². The number of esters is 1. The lowest BCUT2D eigenvalue weighted by atomic mass is 10.2. The van der Waals surface area contributed by atoms with Crippen molar-refractivity contribution in [2.75, 3.05) is 38.7 Å². The molecule has 1 fully saturated rings. The van der Waals surface area contributed by atoms with Crippen molar-refractivity contribution in [1.29, 1.82) is 0 Å². The molecular formula is C23H25FN2O7S. The predicted octanol–water partition coefficient (Wildman–Crippen LogP) is 2.44. The van der Waals surface area contributed by atoms with Crippen LogP contribution in [0, 0.1) is 5.82 Å². The molecule has 1 saturated heterocycles. The zero-order valence-electron chi connectivity index (χ0n) is 18.7. The van der Waals surface area contributed by atoms with Gasteiger partial charge in [-0.2, -0.15) is 4.31 Å². The number of nitrogens with zero attached hydrogens (tertiary/aromatic N) is 1. The predicted molar refractivity (Wildman–Crippen MR) is 122 cm³/mol. The molecule has 1 aliphatic rings. The minimum absolute atomic E-state index is 0.0295. The number of amides is 1. The van der Waals surface area contributed by atoms with E-state index in [0.29, 0.717) is 18.8 Å². The van der Waals surface area contributed by atoms with Crippen LogP contribution in [-0.4, -0.2) is 64.1 Å². The topological polar surface area (TPSA) is 111 Å². The molecule has 1 N–H and O–H groups in total. The molecule has 1 aliphatic heterocycles. The molecule has 0 bridgehead atoms. The van der Waals surface area contributed by atoms with Gasteiger partial charge < -0.3 is 19.5 Å². The Hall–Kier alpha value is -3.28. The van der Waals surface area contributed by atoms with E-state index in [1.807, 2.05) is 0 Å². The van der Waals surface area contributed by atoms with Gasteiger partial charge in [0.15, 0.2) is 6.10 Å². The number of rotatable bonds is 8. The Bertz CT molecular complexity index is 1180. The van der Waals surface area contributed by atoms with Crippen molar-refractivity contribution < 1.29 is 36.6 Å². The first-order valence-electron chi connectivity index (χ1n) is 10.4. The second-order valence-corrected chi connectivity index (χ2v) is 9.21. The Morgan fingerprint density at radius 3 is 2.56 bits per heavy atom. The summed E-state index contributed by atoms with van der Waals surface area (Å²) in [6.07, 6.45) is 1.24. The molecule has 1 unspecified atom stereocenters. The van der Waals surface area contributed by atoms with Crippen LogP contribution >= 0.6 is 0 Å². The van der Waals surface area contributed by atoms with Gasteiger partial charge in [0.05, 0.1) is 26.0 Å². The fraction of sp³-hybridized carbons (Fsp3) is 0.304. The summed E-state index contributed by atoms with van der Waals surface area (Å²) >= 11 is 0. The third kappa shape index (κ3) is 6.19. The molecule has 34 heavy (non-hydrogen) atoms. The summed E-state index contributed by atoms with van der Waals surface area (Å²) in [7, 11) is -2.47. The van der Waals surface area contributed by atoms with Crippen LogP contribution < -0.4 is 10.1 Å². The molecule has 1 heterocycles. The first-order valence-corrected chi connectivity index (χ1v) is 11.9. The molecule has 0 aromatic heterocycles. The third-order valence-electron chi connectivity index (χ3n) is 4.98. The lowest BCUT2D eigenvalue weighted by molar-refractivity contribution is -0.148. The molecule has 3 rings (SSSR count). The van der Waals surface area contributed by atoms with Crippen molar-refractivity contribution in [2.45, 2.75) is 17.9 Å². The maximum absolute atomic E-state index is 13.7. The van der Waals surface area contributed by atoms with Gasteiger partial charge in [0, 0.05) is 19.2 Å². The van der Waals surface area contributed by atoms with Gasteiger partial charge in [0.1, 0.15) is 16.5 Å². The summed E-state index contributed by atoms with van der Waals surface area (Å²) in [6, 6.07) is 10.1. The van der Waals surface area contributed by atoms with Gasteiger partial charge in [-0.3, -0.25) is 4.79 Å². The number of halogens is 1. The van der Waals surface area contributed by atoms with Crippen molar-refractivity contribution in [2.24, 2.45) is 0 Å².